The Labute approximate surface area is 129 Å². The van der Waals surface area contributed by atoms with E-state index in [2.05, 4.69) is 30.2 Å². The molecule has 0 amide bonds. The molecule has 0 bridgehead atoms. The lowest BCUT2D eigenvalue weighted by atomic mass is 10.0. The molecule has 6 nitrogen and oxygen atoms in total. The normalized spacial score (nSPS) is 10.9. The van der Waals surface area contributed by atoms with Crippen LogP contribution in [0.4, 0.5) is 0 Å². The van der Waals surface area contributed by atoms with Crippen molar-refractivity contribution in [3.63, 3.8) is 0 Å². The second-order valence-corrected chi connectivity index (χ2v) is 5.48. The number of carboxylic acid groups (broad SMARTS) is 1. The SMILES string of the molecule is Cc1c(C(=O)O)nnn1CCCOc1cccc(C(C)C)c1. The minimum atomic E-state index is -1.05. The summed E-state index contributed by atoms with van der Waals surface area (Å²) >= 11 is 0. The van der Waals surface area contributed by atoms with Crippen LogP contribution in [-0.4, -0.2) is 32.7 Å². The molecule has 2 aromatic rings. The molecule has 22 heavy (non-hydrogen) atoms. The number of hydrogen-bond donors (Lipinski definition) is 1. The summed E-state index contributed by atoms with van der Waals surface area (Å²) in [6, 6.07) is 8.07. The van der Waals surface area contributed by atoms with Crippen LogP contribution in [0.15, 0.2) is 24.3 Å². The number of rotatable bonds is 7. The van der Waals surface area contributed by atoms with Gasteiger partial charge in [-0.1, -0.05) is 31.2 Å². The summed E-state index contributed by atoms with van der Waals surface area (Å²) < 4.78 is 7.33. The predicted molar refractivity (Wildman–Crippen MR) is 82.4 cm³/mol. The highest BCUT2D eigenvalue weighted by molar-refractivity contribution is 5.86. The number of carboxylic acids is 1. The van der Waals surface area contributed by atoms with Crippen LogP contribution >= 0.6 is 0 Å². The molecule has 1 heterocycles. The summed E-state index contributed by atoms with van der Waals surface area (Å²) in [6.07, 6.45) is 0.731. The zero-order chi connectivity index (χ0) is 16.1. The third-order valence-corrected chi connectivity index (χ3v) is 3.49. The number of hydrogen-bond acceptors (Lipinski definition) is 4. The lowest BCUT2D eigenvalue weighted by Crippen LogP contribution is -2.08. The van der Waals surface area contributed by atoms with Gasteiger partial charge in [-0.25, -0.2) is 9.48 Å². The van der Waals surface area contributed by atoms with Crippen LogP contribution in [0.25, 0.3) is 0 Å². The molecule has 1 N–H and O–H groups in total. The highest BCUT2D eigenvalue weighted by Crippen LogP contribution is 2.20. The van der Waals surface area contributed by atoms with Gasteiger partial charge in [0.05, 0.1) is 12.3 Å². The monoisotopic (exact) mass is 303 g/mol. The molecule has 0 aliphatic heterocycles. The van der Waals surface area contributed by atoms with E-state index in [0.717, 1.165) is 12.2 Å². The van der Waals surface area contributed by atoms with Crippen molar-refractivity contribution < 1.29 is 14.6 Å². The molecule has 118 valence electrons. The summed E-state index contributed by atoms with van der Waals surface area (Å²) in [6.45, 7) is 7.12. The quantitative estimate of drug-likeness (QED) is 0.796. The summed E-state index contributed by atoms with van der Waals surface area (Å²) in [5.74, 6) is 0.272. The van der Waals surface area contributed by atoms with Crippen molar-refractivity contribution in [2.75, 3.05) is 6.61 Å². The maximum absolute atomic E-state index is 10.9. The second-order valence-electron chi connectivity index (χ2n) is 5.48. The van der Waals surface area contributed by atoms with Gasteiger partial charge in [-0.05, 0) is 30.5 Å². The van der Waals surface area contributed by atoms with E-state index >= 15 is 0 Å². The molecule has 0 saturated heterocycles. The van der Waals surface area contributed by atoms with Gasteiger partial charge in [0.2, 0.25) is 0 Å². The van der Waals surface area contributed by atoms with Crippen LogP contribution in [-0.2, 0) is 6.54 Å². The average Bonchev–Trinajstić information content (AvgIpc) is 2.85. The number of nitrogens with zero attached hydrogens (tertiary/aromatic N) is 3. The molecule has 0 unspecified atom stereocenters. The van der Waals surface area contributed by atoms with Crippen molar-refractivity contribution in [1.82, 2.24) is 15.0 Å². The van der Waals surface area contributed by atoms with Crippen molar-refractivity contribution in [3.8, 4) is 5.75 Å². The number of aromatic carboxylic acids is 1. The second kappa shape index (κ2) is 7.06. The first-order valence-corrected chi connectivity index (χ1v) is 7.35. The standard InChI is InChI=1S/C16H21N3O3/c1-11(2)13-6-4-7-14(10-13)22-9-5-8-19-12(3)15(16(20)21)17-18-19/h4,6-7,10-11H,5,8-9H2,1-3H3,(H,20,21). The fraction of sp³-hybridized carbons (Fsp3) is 0.438. The van der Waals surface area contributed by atoms with E-state index < -0.39 is 5.97 Å². The third-order valence-electron chi connectivity index (χ3n) is 3.49. The first-order valence-electron chi connectivity index (χ1n) is 7.35. The first-order chi connectivity index (χ1) is 10.5. The molecule has 0 radical (unpaired) electrons. The van der Waals surface area contributed by atoms with E-state index in [9.17, 15) is 4.79 Å². The molecular weight excluding hydrogens is 282 g/mol. The fourth-order valence-corrected chi connectivity index (χ4v) is 2.14. The Balaban J connectivity index is 1.85. The Morgan fingerprint density at radius 3 is 2.82 bits per heavy atom. The number of carbonyl (C=O) groups is 1. The van der Waals surface area contributed by atoms with E-state index in [1.165, 1.54) is 5.56 Å². The molecule has 0 aliphatic rings. The van der Waals surface area contributed by atoms with E-state index in [1.807, 2.05) is 18.2 Å². The highest BCUT2D eigenvalue weighted by atomic mass is 16.5. The Hall–Kier alpha value is -2.37. The van der Waals surface area contributed by atoms with Crippen LogP contribution in [0.1, 0.15) is 47.9 Å². The van der Waals surface area contributed by atoms with Gasteiger partial charge < -0.3 is 9.84 Å². The van der Waals surface area contributed by atoms with E-state index in [-0.39, 0.29) is 5.69 Å². The minimum absolute atomic E-state index is 0.00514. The van der Waals surface area contributed by atoms with Crippen molar-refractivity contribution in [1.29, 1.82) is 0 Å². The maximum Gasteiger partial charge on any atom is 0.358 e. The largest absolute Gasteiger partial charge is 0.494 e. The van der Waals surface area contributed by atoms with Crippen LogP contribution in [0.5, 0.6) is 5.75 Å². The molecule has 6 heteroatoms. The minimum Gasteiger partial charge on any atom is -0.494 e. The van der Waals surface area contributed by atoms with Crippen molar-refractivity contribution in [2.24, 2.45) is 0 Å². The van der Waals surface area contributed by atoms with Crippen LogP contribution in [0.2, 0.25) is 0 Å². The van der Waals surface area contributed by atoms with Crippen LogP contribution in [0.3, 0.4) is 0 Å². The van der Waals surface area contributed by atoms with E-state index in [4.69, 9.17) is 9.84 Å². The van der Waals surface area contributed by atoms with Gasteiger partial charge in [-0.3, -0.25) is 0 Å². The third kappa shape index (κ3) is 3.84. The van der Waals surface area contributed by atoms with E-state index in [0.29, 0.717) is 24.8 Å². The predicted octanol–water partition coefficient (Wildman–Crippen LogP) is 2.88. The van der Waals surface area contributed by atoms with Crippen LogP contribution < -0.4 is 4.74 Å². The highest BCUT2D eigenvalue weighted by Gasteiger charge is 2.14. The molecule has 0 spiro atoms. The first kappa shape index (κ1) is 16.0. The maximum atomic E-state index is 10.9. The molecule has 0 atom stereocenters. The Morgan fingerprint density at radius 2 is 2.18 bits per heavy atom. The van der Waals surface area contributed by atoms with Gasteiger partial charge in [-0.2, -0.15) is 0 Å². The Morgan fingerprint density at radius 1 is 1.41 bits per heavy atom. The molecular formula is C16H21N3O3. The molecule has 1 aromatic carbocycles. The van der Waals surface area contributed by atoms with Gasteiger partial charge in [-0.15, -0.1) is 5.10 Å². The van der Waals surface area contributed by atoms with Gasteiger partial charge in [0.25, 0.3) is 0 Å². The fourth-order valence-electron chi connectivity index (χ4n) is 2.14. The topological polar surface area (TPSA) is 77.2 Å². The lowest BCUT2D eigenvalue weighted by molar-refractivity contribution is 0.0689. The van der Waals surface area contributed by atoms with Gasteiger partial charge >= 0.3 is 5.97 Å². The van der Waals surface area contributed by atoms with Gasteiger partial charge in [0.15, 0.2) is 5.69 Å². The summed E-state index contributed by atoms with van der Waals surface area (Å²) in [5.41, 5.74) is 1.82. The molecule has 0 saturated carbocycles. The van der Waals surface area contributed by atoms with E-state index in [1.54, 1.807) is 11.6 Å². The summed E-state index contributed by atoms with van der Waals surface area (Å²) in [7, 11) is 0. The smallest absolute Gasteiger partial charge is 0.358 e. The number of aryl methyl sites for hydroxylation is 1. The van der Waals surface area contributed by atoms with Gasteiger partial charge in [0, 0.05) is 13.0 Å². The zero-order valence-corrected chi connectivity index (χ0v) is 13.1. The van der Waals surface area contributed by atoms with Crippen LogP contribution in [0, 0.1) is 6.92 Å². The summed E-state index contributed by atoms with van der Waals surface area (Å²) in [5, 5.41) is 16.4. The zero-order valence-electron chi connectivity index (χ0n) is 13.1. The average molecular weight is 303 g/mol. The molecule has 2 rings (SSSR count). The lowest BCUT2D eigenvalue weighted by Gasteiger charge is -2.10. The van der Waals surface area contributed by atoms with Crippen molar-refractivity contribution in [2.45, 2.75) is 39.7 Å². The number of aromatic nitrogens is 3. The molecule has 0 aliphatic carbocycles. The van der Waals surface area contributed by atoms with Gasteiger partial charge in [0.1, 0.15) is 5.75 Å². The molecule has 1 aromatic heterocycles. The Kier molecular flexibility index (Phi) is 5.14. The van der Waals surface area contributed by atoms with Crippen molar-refractivity contribution >= 4 is 5.97 Å². The summed E-state index contributed by atoms with van der Waals surface area (Å²) in [4.78, 5) is 10.9. The van der Waals surface area contributed by atoms with Crippen molar-refractivity contribution in [3.05, 3.63) is 41.2 Å². The Bertz CT molecular complexity index is 650. The number of ether oxygens (including phenoxy) is 1. The number of benzene rings is 1. The molecule has 0 fully saturated rings.